The number of ether oxygens (including phenoxy) is 2. The number of amides is 1. The van der Waals surface area contributed by atoms with E-state index in [0.29, 0.717) is 63.3 Å². The molecule has 0 saturated carbocycles. The highest BCUT2D eigenvalue weighted by Crippen LogP contribution is 2.28. The molecule has 36 heavy (non-hydrogen) atoms. The number of halogens is 1. The van der Waals surface area contributed by atoms with Gasteiger partial charge in [-0.15, -0.1) is 0 Å². The molecule has 2 aromatic heterocycles. The fourth-order valence-corrected chi connectivity index (χ4v) is 4.00. The minimum Gasteiger partial charge on any atom is -0.488 e. The number of carbonyl (C=O) groups excluding carboxylic acids is 1. The van der Waals surface area contributed by atoms with Crippen LogP contribution >= 0.6 is 0 Å². The lowest BCUT2D eigenvalue weighted by Crippen LogP contribution is -2.49. The zero-order chi connectivity index (χ0) is 24.9. The zero-order valence-corrected chi connectivity index (χ0v) is 19.8. The minimum atomic E-state index is -0.600. The van der Waals surface area contributed by atoms with Crippen LogP contribution < -0.4 is 25.6 Å². The third kappa shape index (κ3) is 5.32. The van der Waals surface area contributed by atoms with Crippen LogP contribution in [0.3, 0.4) is 0 Å². The second kappa shape index (κ2) is 10.5. The summed E-state index contributed by atoms with van der Waals surface area (Å²) in [5.74, 6) is 1.32. The first-order valence-corrected chi connectivity index (χ1v) is 11.8. The largest absolute Gasteiger partial charge is 0.488 e. The summed E-state index contributed by atoms with van der Waals surface area (Å²) in [7, 11) is 0. The van der Waals surface area contributed by atoms with E-state index in [9.17, 15) is 9.18 Å². The van der Waals surface area contributed by atoms with Crippen LogP contribution in [-0.4, -0.2) is 71.9 Å². The number of nitrogens with one attached hydrogen (secondary N) is 3. The molecule has 0 unspecified atom stereocenters. The molecule has 0 bridgehead atoms. The Morgan fingerprint density at radius 3 is 2.86 bits per heavy atom. The summed E-state index contributed by atoms with van der Waals surface area (Å²) in [6.45, 7) is 5.95. The lowest BCUT2D eigenvalue weighted by Gasteiger charge is -2.35. The van der Waals surface area contributed by atoms with Crippen LogP contribution in [0.15, 0.2) is 42.6 Å². The molecule has 4 heterocycles. The number of hydrogen-bond acceptors (Lipinski definition) is 10. The van der Waals surface area contributed by atoms with E-state index < -0.39 is 5.82 Å². The standard InChI is InChI=1S/C24H27FN8O3/c1-2-35-24(34)33-11-9-32(10-12-33)17-5-3-4-16(14-17)28-23-27-15-18(25)21(31-23)29-20-7-6-19-22(30-20)26-8-13-36-19/h3-7,14-15H,2,8-13H2,1H3,(H3,26,27,28,29,30,31). The van der Waals surface area contributed by atoms with Gasteiger partial charge in [0.25, 0.3) is 0 Å². The first kappa shape index (κ1) is 23.4. The van der Waals surface area contributed by atoms with Crippen LogP contribution in [-0.2, 0) is 4.74 Å². The van der Waals surface area contributed by atoms with Crippen LogP contribution in [0.25, 0.3) is 0 Å². The third-order valence-corrected chi connectivity index (χ3v) is 5.77. The van der Waals surface area contributed by atoms with Crippen molar-refractivity contribution in [1.29, 1.82) is 0 Å². The van der Waals surface area contributed by atoms with Gasteiger partial charge in [-0.25, -0.2) is 19.2 Å². The van der Waals surface area contributed by atoms with Crippen molar-refractivity contribution in [2.75, 3.05) is 66.8 Å². The van der Waals surface area contributed by atoms with E-state index >= 15 is 0 Å². The van der Waals surface area contributed by atoms with E-state index in [1.165, 1.54) is 0 Å². The molecule has 2 aliphatic heterocycles. The molecule has 0 radical (unpaired) electrons. The fourth-order valence-electron chi connectivity index (χ4n) is 4.00. The molecule has 0 aliphatic carbocycles. The summed E-state index contributed by atoms with van der Waals surface area (Å²) in [5.41, 5.74) is 1.75. The van der Waals surface area contributed by atoms with Crippen LogP contribution in [0.1, 0.15) is 6.92 Å². The number of aromatic nitrogens is 3. The van der Waals surface area contributed by atoms with E-state index in [-0.39, 0.29) is 17.9 Å². The molecule has 1 fully saturated rings. The summed E-state index contributed by atoms with van der Waals surface area (Å²) >= 11 is 0. The minimum absolute atomic E-state index is 0.00270. The zero-order valence-electron chi connectivity index (χ0n) is 19.8. The van der Waals surface area contributed by atoms with Gasteiger partial charge in [-0.1, -0.05) is 6.07 Å². The molecule has 0 spiro atoms. The van der Waals surface area contributed by atoms with Gasteiger partial charge in [0.05, 0.1) is 19.3 Å². The topological polar surface area (TPSA) is 117 Å². The van der Waals surface area contributed by atoms with E-state index in [1.54, 1.807) is 24.0 Å². The molecular formula is C24H27FN8O3. The maximum Gasteiger partial charge on any atom is 0.409 e. The van der Waals surface area contributed by atoms with Crippen molar-refractivity contribution in [3.8, 4) is 5.75 Å². The summed E-state index contributed by atoms with van der Waals surface area (Å²) in [4.78, 5) is 28.6. The van der Waals surface area contributed by atoms with Crippen LogP contribution in [0.4, 0.5) is 44.0 Å². The van der Waals surface area contributed by atoms with Crippen molar-refractivity contribution >= 4 is 40.9 Å². The fraction of sp³-hybridized carbons (Fsp3) is 0.333. The van der Waals surface area contributed by atoms with Gasteiger partial charge in [-0.2, -0.15) is 4.98 Å². The van der Waals surface area contributed by atoms with Crippen molar-refractivity contribution < 1.29 is 18.7 Å². The number of pyridine rings is 1. The molecule has 1 aromatic carbocycles. The number of benzene rings is 1. The van der Waals surface area contributed by atoms with E-state index in [1.807, 2.05) is 24.3 Å². The monoisotopic (exact) mass is 494 g/mol. The molecule has 2 aliphatic rings. The smallest absolute Gasteiger partial charge is 0.409 e. The number of hydrogen-bond donors (Lipinski definition) is 3. The predicted molar refractivity (Wildman–Crippen MR) is 134 cm³/mol. The highest BCUT2D eigenvalue weighted by molar-refractivity contribution is 5.69. The van der Waals surface area contributed by atoms with Crippen molar-refractivity contribution in [2.45, 2.75) is 6.92 Å². The number of nitrogens with zero attached hydrogens (tertiary/aromatic N) is 5. The van der Waals surface area contributed by atoms with Crippen LogP contribution in [0.5, 0.6) is 5.75 Å². The van der Waals surface area contributed by atoms with Gasteiger partial charge in [-0.05, 0) is 37.3 Å². The number of fused-ring (bicyclic) bond motifs is 1. The Balaban J connectivity index is 1.25. The Bertz CT molecular complexity index is 1240. The lowest BCUT2D eigenvalue weighted by molar-refractivity contribution is 0.105. The second-order valence-electron chi connectivity index (χ2n) is 8.18. The summed E-state index contributed by atoms with van der Waals surface area (Å²) in [5, 5.41) is 9.20. The van der Waals surface area contributed by atoms with E-state index in [4.69, 9.17) is 9.47 Å². The number of carbonyl (C=O) groups is 1. The van der Waals surface area contributed by atoms with Gasteiger partial charge >= 0.3 is 6.09 Å². The average Bonchev–Trinajstić information content (AvgIpc) is 2.91. The second-order valence-corrected chi connectivity index (χ2v) is 8.18. The van der Waals surface area contributed by atoms with Crippen LogP contribution in [0.2, 0.25) is 0 Å². The highest BCUT2D eigenvalue weighted by atomic mass is 19.1. The van der Waals surface area contributed by atoms with Crippen molar-refractivity contribution in [1.82, 2.24) is 19.9 Å². The molecule has 5 rings (SSSR count). The normalized spacial score (nSPS) is 14.8. The molecule has 1 amide bonds. The maximum absolute atomic E-state index is 14.4. The Morgan fingerprint density at radius 1 is 1.17 bits per heavy atom. The first-order chi connectivity index (χ1) is 17.6. The quantitative estimate of drug-likeness (QED) is 0.469. The molecule has 3 N–H and O–H groups in total. The van der Waals surface area contributed by atoms with Gasteiger partial charge in [0, 0.05) is 37.6 Å². The van der Waals surface area contributed by atoms with Crippen molar-refractivity contribution in [3.05, 3.63) is 48.4 Å². The van der Waals surface area contributed by atoms with Gasteiger partial charge in [-0.3, -0.25) is 0 Å². The molecule has 1 saturated heterocycles. The van der Waals surface area contributed by atoms with Gasteiger partial charge < -0.3 is 35.2 Å². The molecule has 11 nitrogen and oxygen atoms in total. The molecule has 0 atom stereocenters. The maximum atomic E-state index is 14.4. The Morgan fingerprint density at radius 2 is 2.03 bits per heavy atom. The van der Waals surface area contributed by atoms with Crippen molar-refractivity contribution in [3.63, 3.8) is 0 Å². The van der Waals surface area contributed by atoms with E-state index in [2.05, 4.69) is 35.8 Å². The van der Waals surface area contributed by atoms with Crippen LogP contribution in [0, 0.1) is 5.82 Å². The van der Waals surface area contributed by atoms with Gasteiger partial charge in [0.1, 0.15) is 12.4 Å². The Labute approximate surface area is 207 Å². The lowest BCUT2D eigenvalue weighted by atomic mass is 10.2. The summed E-state index contributed by atoms with van der Waals surface area (Å²) < 4.78 is 25.1. The Kier molecular flexibility index (Phi) is 6.83. The van der Waals surface area contributed by atoms with Gasteiger partial charge in [0.2, 0.25) is 5.95 Å². The molecular weight excluding hydrogens is 467 g/mol. The Hall–Kier alpha value is -4.35. The molecule has 12 heteroatoms. The number of anilines is 6. The number of rotatable bonds is 6. The average molecular weight is 495 g/mol. The van der Waals surface area contributed by atoms with E-state index in [0.717, 1.165) is 17.6 Å². The molecule has 3 aromatic rings. The SMILES string of the molecule is CCOC(=O)N1CCN(c2cccc(Nc3ncc(F)c(Nc4ccc5c(n4)NCCO5)n3)c2)CC1. The predicted octanol–water partition coefficient (Wildman–Crippen LogP) is 3.58. The molecule has 188 valence electrons. The summed E-state index contributed by atoms with van der Waals surface area (Å²) in [6.07, 6.45) is 0.830. The van der Waals surface area contributed by atoms with Gasteiger partial charge in [0.15, 0.2) is 23.2 Å². The first-order valence-electron chi connectivity index (χ1n) is 11.8. The third-order valence-electron chi connectivity index (χ3n) is 5.77. The number of piperazine rings is 1. The van der Waals surface area contributed by atoms with Crippen molar-refractivity contribution in [2.24, 2.45) is 0 Å². The highest BCUT2D eigenvalue weighted by Gasteiger charge is 2.22. The summed E-state index contributed by atoms with van der Waals surface area (Å²) in [6, 6.07) is 11.2.